The largest absolute Gasteiger partial charge is 0.497 e. The fourth-order valence-corrected chi connectivity index (χ4v) is 4.79. The smallest absolute Gasteiger partial charge is 0.337 e. The van der Waals surface area contributed by atoms with Crippen LogP contribution in [0.5, 0.6) is 5.75 Å². The number of hydrogen-bond donors (Lipinski definition) is 0. The van der Waals surface area contributed by atoms with E-state index in [1.165, 1.54) is 18.5 Å². The first-order valence-electron chi connectivity index (χ1n) is 9.20. The molecule has 0 unspecified atom stereocenters. The number of esters is 1. The Bertz CT molecular complexity index is 872. The van der Waals surface area contributed by atoms with Gasteiger partial charge in [0.05, 0.1) is 24.7 Å². The summed E-state index contributed by atoms with van der Waals surface area (Å²) in [6, 6.07) is 13.1. The highest BCUT2D eigenvalue weighted by molar-refractivity contribution is 7.89. The summed E-state index contributed by atoms with van der Waals surface area (Å²) in [5.74, 6) is 0.181. The first kappa shape index (κ1) is 21.9. The quantitative estimate of drug-likeness (QED) is 0.592. The Morgan fingerprint density at radius 2 is 1.54 bits per heavy atom. The number of benzene rings is 2. The van der Waals surface area contributed by atoms with Gasteiger partial charge in [0, 0.05) is 12.6 Å². The molecule has 2 rings (SSSR count). The van der Waals surface area contributed by atoms with Crippen LogP contribution in [0.3, 0.4) is 0 Å². The molecule has 152 valence electrons. The second-order valence-electron chi connectivity index (χ2n) is 6.38. The van der Waals surface area contributed by atoms with E-state index in [1.807, 2.05) is 13.8 Å². The maximum absolute atomic E-state index is 13.3. The summed E-state index contributed by atoms with van der Waals surface area (Å²) in [5, 5.41) is 0. The van der Waals surface area contributed by atoms with Crippen LogP contribution in [0, 0.1) is 0 Å². The summed E-state index contributed by atoms with van der Waals surface area (Å²) in [5.41, 5.74) is 1.23. The van der Waals surface area contributed by atoms with Gasteiger partial charge in [0.25, 0.3) is 0 Å². The van der Waals surface area contributed by atoms with E-state index < -0.39 is 16.0 Å². The Kier molecular flexibility index (Phi) is 7.60. The topological polar surface area (TPSA) is 72.9 Å². The van der Waals surface area contributed by atoms with Gasteiger partial charge in [-0.3, -0.25) is 0 Å². The van der Waals surface area contributed by atoms with Crippen molar-refractivity contribution < 1.29 is 22.7 Å². The van der Waals surface area contributed by atoms with Gasteiger partial charge in [0.2, 0.25) is 10.0 Å². The number of nitrogens with zero attached hydrogens (tertiary/aromatic N) is 1. The Balaban J connectivity index is 2.37. The molecule has 2 aromatic rings. The maximum Gasteiger partial charge on any atom is 0.337 e. The Morgan fingerprint density at radius 1 is 0.964 bits per heavy atom. The summed E-state index contributed by atoms with van der Waals surface area (Å²) in [6.07, 6.45) is 1.40. The van der Waals surface area contributed by atoms with E-state index in [9.17, 15) is 13.2 Å². The number of carbonyl (C=O) groups excluding carboxylic acids is 1. The first-order chi connectivity index (χ1) is 13.4. The van der Waals surface area contributed by atoms with Crippen LogP contribution in [0.4, 0.5) is 0 Å². The van der Waals surface area contributed by atoms with Crippen molar-refractivity contribution in [3.8, 4) is 5.75 Å². The average Bonchev–Trinajstić information content (AvgIpc) is 2.73. The minimum Gasteiger partial charge on any atom is -0.497 e. The molecule has 0 heterocycles. The van der Waals surface area contributed by atoms with Crippen molar-refractivity contribution in [1.29, 1.82) is 0 Å². The van der Waals surface area contributed by atoms with E-state index in [2.05, 4.69) is 0 Å². The average molecular weight is 406 g/mol. The summed E-state index contributed by atoms with van der Waals surface area (Å²) >= 11 is 0. The number of carbonyl (C=O) groups is 1. The zero-order valence-corrected chi connectivity index (χ0v) is 17.5. The van der Waals surface area contributed by atoms with Gasteiger partial charge in [-0.05, 0) is 54.8 Å². The first-order valence-corrected chi connectivity index (χ1v) is 10.6. The molecule has 0 spiro atoms. The highest BCUT2D eigenvalue weighted by Gasteiger charge is 2.30. The third-order valence-corrected chi connectivity index (χ3v) is 6.64. The van der Waals surface area contributed by atoms with Crippen LogP contribution in [0.1, 0.15) is 42.6 Å². The molecule has 0 N–H and O–H groups in total. The maximum atomic E-state index is 13.3. The van der Waals surface area contributed by atoms with Gasteiger partial charge in [0.15, 0.2) is 0 Å². The zero-order chi connectivity index (χ0) is 20.7. The second-order valence-corrected chi connectivity index (χ2v) is 8.28. The molecule has 0 atom stereocenters. The van der Waals surface area contributed by atoms with Gasteiger partial charge in [-0.1, -0.05) is 26.0 Å². The van der Waals surface area contributed by atoms with Crippen molar-refractivity contribution in [3.63, 3.8) is 0 Å². The van der Waals surface area contributed by atoms with Crippen LogP contribution in [-0.4, -0.2) is 39.0 Å². The molecule has 0 bridgehead atoms. The molecule has 0 aromatic heterocycles. The third kappa shape index (κ3) is 4.91. The number of ether oxygens (including phenoxy) is 2. The predicted octanol–water partition coefficient (Wildman–Crippen LogP) is 3.86. The highest BCUT2D eigenvalue weighted by Crippen LogP contribution is 2.25. The summed E-state index contributed by atoms with van der Waals surface area (Å²) in [7, 11) is -0.827. The molecule has 0 saturated carbocycles. The van der Waals surface area contributed by atoms with Crippen molar-refractivity contribution in [3.05, 3.63) is 59.7 Å². The van der Waals surface area contributed by atoms with Crippen molar-refractivity contribution in [2.45, 2.75) is 44.2 Å². The number of methoxy groups -OCH3 is 2. The Morgan fingerprint density at radius 3 is 2.00 bits per heavy atom. The van der Waals surface area contributed by atoms with E-state index in [-0.39, 0.29) is 17.5 Å². The van der Waals surface area contributed by atoms with Crippen molar-refractivity contribution >= 4 is 16.0 Å². The fraction of sp³-hybridized carbons (Fsp3) is 0.381. The minimum absolute atomic E-state index is 0.132. The minimum atomic E-state index is -3.69. The number of hydrogen-bond acceptors (Lipinski definition) is 5. The molecule has 0 radical (unpaired) electrons. The van der Waals surface area contributed by atoms with Crippen LogP contribution in [0.2, 0.25) is 0 Å². The summed E-state index contributed by atoms with van der Waals surface area (Å²) in [4.78, 5) is 11.8. The number of sulfonamides is 1. The Labute approximate surface area is 167 Å². The molecule has 0 amide bonds. The molecule has 0 fully saturated rings. The van der Waals surface area contributed by atoms with Gasteiger partial charge in [-0.25, -0.2) is 13.2 Å². The van der Waals surface area contributed by atoms with E-state index >= 15 is 0 Å². The zero-order valence-electron chi connectivity index (χ0n) is 16.7. The van der Waals surface area contributed by atoms with Gasteiger partial charge >= 0.3 is 5.97 Å². The fourth-order valence-electron chi connectivity index (χ4n) is 3.03. The summed E-state index contributed by atoms with van der Waals surface area (Å²) in [6.45, 7) is 4.18. The van der Waals surface area contributed by atoms with Crippen LogP contribution < -0.4 is 4.74 Å². The lowest BCUT2D eigenvalue weighted by Gasteiger charge is -2.30. The lowest BCUT2D eigenvalue weighted by atomic mass is 10.1. The van der Waals surface area contributed by atoms with Gasteiger partial charge in [0.1, 0.15) is 5.75 Å². The monoisotopic (exact) mass is 405 g/mol. The van der Waals surface area contributed by atoms with Crippen molar-refractivity contribution in [1.82, 2.24) is 4.31 Å². The van der Waals surface area contributed by atoms with Crippen molar-refractivity contribution in [2.24, 2.45) is 0 Å². The van der Waals surface area contributed by atoms with Crippen LogP contribution in [0.25, 0.3) is 0 Å². The lowest BCUT2D eigenvalue weighted by Crippen LogP contribution is -2.39. The SMILES string of the molecule is CCC(CC)N(Cc1ccc(C(=O)OC)cc1)S(=O)(=O)c1ccc(OC)cc1. The summed E-state index contributed by atoms with van der Waals surface area (Å²) < 4.78 is 38.0. The predicted molar refractivity (Wildman–Crippen MR) is 108 cm³/mol. The molecule has 7 heteroatoms. The van der Waals surface area contributed by atoms with Crippen LogP contribution in [-0.2, 0) is 21.3 Å². The standard InChI is InChI=1S/C21H27NO5S/c1-5-18(6-2)22(15-16-7-9-17(10-8-16)21(23)27-4)28(24,25)20-13-11-19(26-3)12-14-20/h7-14,18H,5-6,15H2,1-4H3. The third-order valence-electron chi connectivity index (χ3n) is 4.73. The van der Waals surface area contributed by atoms with Gasteiger partial charge in [-0.2, -0.15) is 4.31 Å². The van der Waals surface area contributed by atoms with E-state index in [0.29, 0.717) is 24.2 Å². The molecule has 0 saturated heterocycles. The van der Waals surface area contributed by atoms with E-state index in [1.54, 1.807) is 48.5 Å². The molecular weight excluding hydrogens is 378 g/mol. The lowest BCUT2D eigenvalue weighted by molar-refractivity contribution is 0.0600. The highest BCUT2D eigenvalue weighted by atomic mass is 32.2. The second kappa shape index (κ2) is 9.71. The van der Waals surface area contributed by atoms with Crippen LogP contribution >= 0.6 is 0 Å². The van der Waals surface area contributed by atoms with Crippen LogP contribution in [0.15, 0.2) is 53.4 Å². The van der Waals surface area contributed by atoms with Crippen molar-refractivity contribution in [2.75, 3.05) is 14.2 Å². The molecule has 2 aromatic carbocycles. The molecule has 0 aliphatic rings. The molecular formula is C21H27NO5S. The van der Waals surface area contributed by atoms with Gasteiger partial charge in [-0.15, -0.1) is 0 Å². The van der Waals surface area contributed by atoms with E-state index in [4.69, 9.17) is 9.47 Å². The molecule has 0 aliphatic heterocycles. The van der Waals surface area contributed by atoms with E-state index in [0.717, 1.165) is 5.56 Å². The normalized spacial score (nSPS) is 11.6. The molecule has 6 nitrogen and oxygen atoms in total. The molecule has 0 aliphatic carbocycles. The van der Waals surface area contributed by atoms with Gasteiger partial charge < -0.3 is 9.47 Å². The Hall–Kier alpha value is -2.38. The number of rotatable bonds is 9. The molecule has 28 heavy (non-hydrogen) atoms.